The number of hydrogen-bond donors (Lipinski definition) is 1. The van der Waals surface area contributed by atoms with Crippen molar-refractivity contribution < 1.29 is 13.6 Å². The van der Waals surface area contributed by atoms with Crippen LogP contribution in [0.4, 0.5) is 4.39 Å². The average molecular weight is 410 g/mol. The number of aryl methyl sites for hydroxylation is 1. The molecule has 6 nitrogen and oxygen atoms in total. The van der Waals surface area contributed by atoms with Gasteiger partial charge in [-0.15, -0.1) is 0 Å². The fraction of sp³-hybridized carbons (Fsp3) is 0.435. The minimum Gasteiger partial charge on any atom is -0.443 e. The topological polar surface area (TPSA) is 75.0 Å². The Labute approximate surface area is 175 Å². The molecule has 1 aliphatic heterocycles. The Morgan fingerprint density at radius 1 is 1.30 bits per heavy atom. The Morgan fingerprint density at radius 2 is 2.13 bits per heavy atom. The molecule has 1 aliphatic rings. The molecular weight excluding hydrogens is 383 g/mol. The predicted molar refractivity (Wildman–Crippen MR) is 111 cm³/mol. The number of nitrogens with one attached hydrogen (secondary N) is 1. The van der Waals surface area contributed by atoms with Crippen LogP contribution in [-0.4, -0.2) is 32.5 Å². The highest BCUT2D eigenvalue weighted by atomic mass is 19.1. The Hall–Kier alpha value is -2.96. The summed E-state index contributed by atoms with van der Waals surface area (Å²) in [6.45, 7) is 2.80. The molecule has 3 aromatic rings. The molecule has 7 heteroatoms. The van der Waals surface area contributed by atoms with Crippen LogP contribution >= 0.6 is 0 Å². The second-order valence-corrected chi connectivity index (χ2v) is 7.86. The van der Waals surface area contributed by atoms with Crippen molar-refractivity contribution in [1.29, 1.82) is 0 Å². The van der Waals surface area contributed by atoms with E-state index < -0.39 is 0 Å². The Morgan fingerprint density at radius 3 is 2.93 bits per heavy atom. The molecule has 0 bridgehead atoms. The van der Waals surface area contributed by atoms with E-state index in [1.165, 1.54) is 12.1 Å². The second-order valence-electron chi connectivity index (χ2n) is 7.86. The highest BCUT2D eigenvalue weighted by Gasteiger charge is 2.33. The first kappa shape index (κ1) is 20.3. The molecule has 1 atom stereocenters. The van der Waals surface area contributed by atoms with Crippen molar-refractivity contribution in [1.82, 2.24) is 20.1 Å². The number of benzene rings is 1. The number of rotatable bonds is 7. The van der Waals surface area contributed by atoms with Gasteiger partial charge in [-0.3, -0.25) is 9.89 Å². The van der Waals surface area contributed by atoms with Crippen molar-refractivity contribution in [2.45, 2.75) is 57.9 Å². The van der Waals surface area contributed by atoms with Gasteiger partial charge in [-0.1, -0.05) is 25.5 Å². The van der Waals surface area contributed by atoms with E-state index in [1.807, 2.05) is 11.0 Å². The van der Waals surface area contributed by atoms with Gasteiger partial charge in [0.15, 0.2) is 0 Å². The van der Waals surface area contributed by atoms with E-state index in [9.17, 15) is 9.18 Å². The third-order valence-corrected chi connectivity index (χ3v) is 5.56. The number of hydrogen-bond acceptors (Lipinski definition) is 4. The lowest BCUT2D eigenvalue weighted by atomic mass is 10.0. The molecule has 0 unspecified atom stereocenters. The molecule has 4 rings (SSSR count). The first-order chi connectivity index (χ1) is 14.6. The van der Waals surface area contributed by atoms with Crippen LogP contribution in [0.2, 0.25) is 0 Å². The van der Waals surface area contributed by atoms with Gasteiger partial charge in [-0.25, -0.2) is 9.37 Å². The molecule has 0 saturated carbocycles. The Kier molecular flexibility index (Phi) is 6.26. The van der Waals surface area contributed by atoms with Crippen molar-refractivity contribution in [3.05, 3.63) is 70.9 Å². The van der Waals surface area contributed by atoms with E-state index >= 15 is 0 Å². The highest BCUT2D eigenvalue weighted by Crippen LogP contribution is 2.32. The molecule has 1 saturated heterocycles. The zero-order valence-electron chi connectivity index (χ0n) is 17.2. The maximum absolute atomic E-state index is 13.1. The van der Waals surface area contributed by atoms with Crippen LogP contribution in [0, 0.1) is 5.82 Å². The number of amides is 1. The molecule has 1 N–H and O–H groups in total. The monoisotopic (exact) mass is 410 g/mol. The number of oxazole rings is 1. The van der Waals surface area contributed by atoms with Gasteiger partial charge in [-0.2, -0.15) is 5.10 Å². The summed E-state index contributed by atoms with van der Waals surface area (Å²) in [5.41, 5.74) is 2.39. The van der Waals surface area contributed by atoms with E-state index in [2.05, 4.69) is 22.1 Å². The molecule has 3 heterocycles. The molecular formula is C23H27FN4O2. The summed E-state index contributed by atoms with van der Waals surface area (Å²) in [6.07, 6.45) is 8.09. The Balaban J connectivity index is 1.48. The molecule has 2 aromatic heterocycles. The van der Waals surface area contributed by atoms with Crippen molar-refractivity contribution in [2.24, 2.45) is 0 Å². The van der Waals surface area contributed by atoms with Crippen LogP contribution in [-0.2, 0) is 12.8 Å². The van der Waals surface area contributed by atoms with Crippen LogP contribution in [0.1, 0.15) is 78.5 Å². The smallest absolute Gasteiger partial charge is 0.275 e. The molecule has 1 amide bonds. The number of carbonyl (C=O) groups is 1. The number of nitrogens with zero attached hydrogens (tertiary/aromatic N) is 3. The lowest BCUT2D eigenvalue weighted by molar-refractivity contribution is 0.0564. The molecule has 0 radical (unpaired) electrons. The van der Waals surface area contributed by atoms with E-state index in [-0.39, 0.29) is 17.8 Å². The number of carbonyl (C=O) groups excluding carboxylic acids is 1. The molecule has 0 spiro atoms. The first-order valence-electron chi connectivity index (χ1n) is 10.7. The maximum Gasteiger partial charge on any atom is 0.275 e. The minimum absolute atomic E-state index is 0.0861. The lowest BCUT2D eigenvalue weighted by Gasteiger charge is -2.33. The van der Waals surface area contributed by atoms with E-state index in [4.69, 9.17) is 4.42 Å². The maximum atomic E-state index is 13.1. The third kappa shape index (κ3) is 4.61. The van der Waals surface area contributed by atoms with Crippen LogP contribution in [0.5, 0.6) is 0 Å². The number of H-pyrrole nitrogens is 1. The van der Waals surface area contributed by atoms with Gasteiger partial charge in [-0.05, 0) is 55.9 Å². The van der Waals surface area contributed by atoms with Crippen molar-refractivity contribution in [2.75, 3.05) is 6.54 Å². The van der Waals surface area contributed by atoms with Gasteiger partial charge in [0, 0.05) is 18.7 Å². The predicted octanol–water partition coefficient (Wildman–Crippen LogP) is 4.84. The van der Waals surface area contributed by atoms with Gasteiger partial charge >= 0.3 is 0 Å². The standard InChI is InChI=1S/C23H27FN4O2/c1-2-3-6-18-14-20(27-26-18)23(29)28-12-5-4-7-21(28)22-25-15-19(30-22)13-16-8-10-17(24)11-9-16/h8-11,14-15,21H,2-7,12-13H2,1H3,(H,26,27)/t21-/m1/s1. The van der Waals surface area contributed by atoms with Gasteiger partial charge < -0.3 is 9.32 Å². The van der Waals surface area contributed by atoms with Crippen molar-refractivity contribution in [3.8, 4) is 0 Å². The number of unbranched alkanes of at least 4 members (excludes halogenated alkanes) is 1. The fourth-order valence-corrected chi connectivity index (χ4v) is 3.91. The molecule has 1 aromatic carbocycles. The molecule has 0 aliphatic carbocycles. The van der Waals surface area contributed by atoms with E-state index in [1.54, 1.807) is 18.3 Å². The summed E-state index contributed by atoms with van der Waals surface area (Å²) in [6, 6.07) is 8.02. The quantitative estimate of drug-likeness (QED) is 0.605. The van der Waals surface area contributed by atoms with Gasteiger partial charge in [0.25, 0.3) is 5.91 Å². The fourth-order valence-electron chi connectivity index (χ4n) is 3.91. The van der Waals surface area contributed by atoms with E-state index in [0.29, 0.717) is 30.3 Å². The van der Waals surface area contributed by atoms with Crippen molar-refractivity contribution in [3.63, 3.8) is 0 Å². The van der Waals surface area contributed by atoms with Crippen LogP contribution < -0.4 is 0 Å². The normalized spacial score (nSPS) is 16.7. The van der Waals surface area contributed by atoms with Gasteiger partial charge in [0.2, 0.25) is 5.89 Å². The van der Waals surface area contributed by atoms with Crippen LogP contribution in [0.3, 0.4) is 0 Å². The summed E-state index contributed by atoms with van der Waals surface area (Å²) >= 11 is 0. The first-order valence-corrected chi connectivity index (χ1v) is 10.7. The lowest BCUT2D eigenvalue weighted by Crippen LogP contribution is -2.38. The summed E-state index contributed by atoms with van der Waals surface area (Å²) in [7, 11) is 0. The number of likely N-dealkylation sites (tertiary alicyclic amines) is 1. The number of piperidine rings is 1. The van der Waals surface area contributed by atoms with Gasteiger partial charge in [0.1, 0.15) is 23.3 Å². The summed E-state index contributed by atoms with van der Waals surface area (Å²) in [4.78, 5) is 19.4. The van der Waals surface area contributed by atoms with Gasteiger partial charge in [0.05, 0.1) is 6.20 Å². The number of aromatic nitrogens is 3. The minimum atomic E-state index is -0.260. The molecule has 1 fully saturated rings. The molecule has 158 valence electrons. The molecule has 30 heavy (non-hydrogen) atoms. The SMILES string of the molecule is CCCCc1cc(C(=O)N2CCCC[C@@H]2c2ncc(Cc3ccc(F)cc3)o2)n[nH]1. The summed E-state index contributed by atoms with van der Waals surface area (Å²) in [5.74, 6) is 0.916. The largest absolute Gasteiger partial charge is 0.443 e. The van der Waals surface area contributed by atoms with Crippen molar-refractivity contribution >= 4 is 5.91 Å². The average Bonchev–Trinajstić information content (AvgIpc) is 3.43. The second kappa shape index (κ2) is 9.24. The highest BCUT2D eigenvalue weighted by molar-refractivity contribution is 5.92. The zero-order valence-corrected chi connectivity index (χ0v) is 17.2. The number of halogens is 1. The third-order valence-electron chi connectivity index (χ3n) is 5.56. The van der Waals surface area contributed by atoms with Crippen LogP contribution in [0.15, 0.2) is 40.9 Å². The number of aromatic amines is 1. The summed E-state index contributed by atoms with van der Waals surface area (Å²) < 4.78 is 19.1. The van der Waals surface area contributed by atoms with E-state index in [0.717, 1.165) is 49.8 Å². The Bertz CT molecular complexity index is 979. The zero-order chi connectivity index (χ0) is 20.9. The summed E-state index contributed by atoms with van der Waals surface area (Å²) in [5, 5.41) is 7.23. The van der Waals surface area contributed by atoms with Crippen LogP contribution in [0.25, 0.3) is 0 Å².